The Morgan fingerprint density at radius 2 is 1.37 bits per heavy atom. The molecule has 0 amide bonds. The van der Waals surface area contributed by atoms with Gasteiger partial charge in [0, 0.05) is 11.1 Å². The van der Waals surface area contributed by atoms with Crippen LogP contribution in [-0.2, 0) is 17.3 Å². The lowest BCUT2D eigenvalue weighted by atomic mass is 9.82. The second-order valence-electron chi connectivity index (χ2n) is 10.8. The molecule has 0 heterocycles. The lowest BCUT2D eigenvalue weighted by Gasteiger charge is -2.31. The van der Waals surface area contributed by atoms with Crippen LogP contribution in [0.5, 0.6) is 0 Å². The van der Waals surface area contributed by atoms with Gasteiger partial charge in [-0.3, -0.25) is 0 Å². The highest BCUT2D eigenvalue weighted by Crippen LogP contribution is 2.41. The third-order valence-corrected chi connectivity index (χ3v) is 8.25. The molecule has 1 saturated carbocycles. The number of halogens is 7. The minimum absolute atomic E-state index is 0.0712. The summed E-state index contributed by atoms with van der Waals surface area (Å²) in [5, 5.41) is -0.0712. The standard InChI is InChI=1S/C35H29ClF6O/c1-2-3-4-21-5-15-29(33(39)17-21)35(41,42)43-26-11-6-22(7-12-26)23-8-13-27(31(37)18-23)24-9-14-28(32(38)19-24)25-10-16-30(36)34(40)20-25/h2,5,8-10,13-20,22,26H,1,3-4,6-7,11-12H2. The highest BCUT2D eigenvalue weighted by molar-refractivity contribution is 6.30. The Bertz CT molecular complexity index is 1630. The van der Waals surface area contributed by atoms with Crippen molar-refractivity contribution in [2.75, 3.05) is 0 Å². The third-order valence-electron chi connectivity index (χ3n) is 7.95. The highest BCUT2D eigenvalue weighted by Gasteiger charge is 2.40. The van der Waals surface area contributed by atoms with Crippen molar-refractivity contribution in [1.29, 1.82) is 0 Å². The van der Waals surface area contributed by atoms with Crippen molar-refractivity contribution < 1.29 is 31.1 Å². The van der Waals surface area contributed by atoms with Gasteiger partial charge in [-0.1, -0.05) is 54.1 Å². The summed E-state index contributed by atoms with van der Waals surface area (Å²) >= 11 is 5.72. The number of allylic oxidation sites excluding steroid dienone is 1. The van der Waals surface area contributed by atoms with Gasteiger partial charge in [0.2, 0.25) is 0 Å². The van der Waals surface area contributed by atoms with Gasteiger partial charge in [0.15, 0.2) is 0 Å². The molecular formula is C35H29ClF6O. The minimum atomic E-state index is -3.78. The van der Waals surface area contributed by atoms with E-state index in [0.717, 1.165) is 18.2 Å². The van der Waals surface area contributed by atoms with Gasteiger partial charge in [0.25, 0.3) is 0 Å². The van der Waals surface area contributed by atoms with Crippen LogP contribution in [0.25, 0.3) is 22.3 Å². The molecule has 0 aliphatic heterocycles. The Morgan fingerprint density at radius 3 is 1.98 bits per heavy atom. The van der Waals surface area contributed by atoms with Gasteiger partial charge < -0.3 is 4.74 Å². The summed E-state index contributed by atoms with van der Waals surface area (Å²) in [6.07, 6.45) is -0.161. The predicted octanol–water partition coefficient (Wildman–Crippen LogP) is 11.1. The van der Waals surface area contributed by atoms with Crippen molar-refractivity contribution in [2.45, 2.75) is 56.7 Å². The Hall–Kier alpha value is -3.55. The molecule has 1 aliphatic carbocycles. The van der Waals surface area contributed by atoms with Crippen LogP contribution in [0.15, 0.2) is 85.5 Å². The SMILES string of the molecule is C=CCCc1ccc(C(F)(F)OC2CCC(c3ccc(-c4ccc(-c5ccc(Cl)c(F)c5)c(F)c4)c(F)c3)CC2)c(F)c1. The largest absolute Gasteiger partial charge is 0.386 e. The number of aryl methyl sites for hydroxylation is 1. The maximum absolute atomic E-state index is 15.2. The molecule has 0 saturated heterocycles. The molecule has 1 aliphatic rings. The molecule has 0 unspecified atom stereocenters. The van der Waals surface area contributed by atoms with Gasteiger partial charge in [-0.15, -0.1) is 6.58 Å². The minimum Gasteiger partial charge on any atom is -0.313 e. The first-order valence-corrected chi connectivity index (χ1v) is 14.4. The van der Waals surface area contributed by atoms with Gasteiger partial charge in [0.1, 0.15) is 23.3 Å². The summed E-state index contributed by atoms with van der Waals surface area (Å²) in [5.41, 5.74) is 1.50. The second-order valence-corrected chi connectivity index (χ2v) is 11.2. The first-order chi connectivity index (χ1) is 20.6. The Labute approximate surface area is 251 Å². The summed E-state index contributed by atoms with van der Waals surface area (Å²) in [5.74, 6) is -2.93. The van der Waals surface area contributed by atoms with Crippen molar-refractivity contribution in [2.24, 2.45) is 0 Å². The fourth-order valence-corrected chi connectivity index (χ4v) is 5.72. The van der Waals surface area contributed by atoms with E-state index in [9.17, 15) is 22.0 Å². The molecule has 0 aromatic heterocycles. The van der Waals surface area contributed by atoms with Gasteiger partial charge in [-0.2, -0.15) is 8.78 Å². The zero-order chi connectivity index (χ0) is 30.7. The quantitative estimate of drug-likeness (QED) is 0.135. The topological polar surface area (TPSA) is 9.23 Å². The van der Waals surface area contributed by atoms with Gasteiger partial charge >= 0.3 is 6.11 Å². The maximum Gasteiger partial charge on any atom is 0.386 e. The van der Waals surface area contributed by atoms with Gasteiger partial charge in [-0.25, -0.2) is 17.6 Å². The fourth-order valence-electron chi connectivity index (χ4n) is 5.61. The fraction of sp³-hybridized carbons (Fsp3) is 0.257. The van der Waals surface area contributed by atoms with E-state index in [-0.39, 0.29) is 22.1 Å². The van der Waals surface area contributed by atoms with Crippen LogP contribution in [0.2, 0.25) is 5.02 Å². The van der Waals surface area contributed by atoms with Gasteiger partial charge in [-0.05, 0) is 103 Å². The lowest BCUT2D eigenvalue weighted by molar-refractivity contribution is -0.278. The number of hydrogen-bond donors (Lipinski definition) is 0. The Kier molecular flexibility index (Phi) is 9.33. The molecule has 8 heteroatoms. The second kappa shape index (κ2) is 13.0. The molecule has 0 bridgehead atoms. The number of benzene rings is 4. The van der Waals surface area contributed by atoms with Crippen LogP contribution < -0.4 is 0 Å². The molecule has 1 fully saturated rings. The first-order valence-electron chi connectivity index (χ1n) is 14.1. The monoisotopic (exact) mass is 614 g/mol. The van der Waals surface area contributed by atoms with E-state index in [0.29, 0.717) is 60.8 Å². The molecule has 0 radical (unpaired) electrons. The predicted molar refractivity (Wildman–Crippen MR) is 157 cm³/mol. The van der Waals surface area contributed by atoms with E-state index in [4.69, 9.17) is 16.3 Å². The van der Waals surface area contributed by atoms with E-state index in [1.165, 1.54) is 36.4 Å². The molecule has 0 N–H and O–H groups in total. The van der Waals surface area contributed by atoms with Crippen molar-refractivity contribution >= 4 is 11.6 Å². The summed E-state index contributed by atoms with van der Waals surface area (Å²) in [4.78, 5) is 0. The van der Waals surface area contributed by atoms with E-state index in [1.807, 2.05) is 0 Å². The smallest absolute Gasteiger partial charge is 0.313 e. The normalized spacial score (nSPS) is 17.2. The van der Waals surface area contributed by atoms with E-state index >= 15 is 4.39 Å². The van der Waals surface area contributed by atoms with Crippen LogP contribution >= 0.6 is 11.6 Å². The number of hydrogen-bond acceptors (Lipinski definition) is 1. The van der Waals surface area contributed by atoms with Crippen molar-refractivity contribution in [3.63, 3.8) is 0 Å². The summed E-state index contributed by atoms with van der Waals surface area (Å²) in [6, 6.07) is 16.5. The van der Waals surface area contributed by atoms with Gasteiger partial charge in [0.05, 0.1) is 16.7 Å². The van der Waals surface area contributed by atoms with E-state index in [2.05, 4.69) is 6.58 Å². The zero-order valence-corrected chi connectivity index (χ0v) is 23.9. The average Bonchev–Trinajstić information content (AvgIpc) is 2.97. The molecular weight excluding hydrogens is 586 g/mol. The zero-order valence-electron chi connectivity index (χ0n) is 23.2. The molecule has 0 spiro atoms. The van der Waals surface area contributed by atoms with Crippen molar-refractivity contribution in [3.05, 3.63) is 130 Å². The molecule has 1 nitrogen and oxygen atoms in total. The maximum atomic E-state index is 15.2. The molecule has 4 aromatic rings. The number of rotatable bonds is 9. The van der Waals surface area contributed by atoms with Crippen molar-refractivity contribution in [3.8, 4) is 22.3 Å². The Balaban J connectivity index is 1.22. The molecule has 4 aromatic carbocycles. The number of ether oxygens (including phenoxy) is 1. The third kappa shape index (κ3) is 7.00. The lowest BCUT2D eigenvalue weighted by Crippen LogP contribution is -2.30. The van der Waals surface area contributed by atoms with E-state index in [1.54, 1.807) is 24.3 Å². The molecule has 43 heavy (non-hydrogen) atoms. The van der Waals surface area contributed by atoms with Crippen LogP contribution in [0, 0.1) is 23.3 Å². The molecule has 0 atom stereocenters. The Morgan fingerprint density at radius 1 is 0.744 bits per heavy atom. The van der Waals surface area contributed by atoms with Crippen LogP contribution in [0.1, 0.15) is 54.7 Å². The van der Waals surface area contributed by atoms with Crippen LogP contribution in [0.3, 0.4) is 0 Å². The highest BCUT2D eigenvalue weighted by atomic mass is 35.5. The number of alkyl halides is 2. The van der Waals surface area contributed by atoms with Crippen LogP contribution in [-0.4, -0.2) is 6.10 Å². The first kappa shape index (κ1) is 30.9. The average molecular weight is 615 g/mol. The van der Waals surface area contributed by atoms with Crippen LogP contribution in [0.4, 0.5) is 26.3 Å². The molecule has 224 valence electrons. The molecule has 5 rings (SSSR count). The summed E-state index contributed by atoms with van der Waals surface area (Å²) < 4.78 is 93.3. The van der Waals surface area contributed by atoms with Crippen molar-refractivity contribution in [1.82, 2.24) is 0 Å². The summed E-state index contributed by atoms with van der Waals surface area (Å²) in [6.45, 7) is 3.61. The van der Waals surface area contributed by atoms with E-state index < -0.39 is 41.0 Å². The summed E-state index contributed by atoms with van der Waals surface area (Å²) in [7, 11) is 0.